The second kappa shape index (κ2) is 9.05. The number of rotatable bonds is 4. The third-order valence-corrected chi connectivity index (χ3v) is 4.95. The summed E-state index contributed by atoms with van der Waals surface area (Å²) in [5.74, 6) is 0.163. The number of amides is 1. The molecular formula is C16H25ClF3N5O. The zero-order valence-corrected chi connectivity index (χ0v) is 15.3. The molecular weight excluding hydrogens is 371 g/mol. The van der Waals surface area contributed by atoms with Gasteiger partial charge in [-0.15, -0.1) is 12.4 Å². The second-order valence-corrected chi connectivity index (χ2v) is 6.73. The molecule has 0 radical (unpaired) electrons. The Bertz CT molecular complexity index is 589. The number of hydrogen-bond donors (Lipinski definition) is 2. The third-order valence-electron chi connectivity index (χ3n) is 4.95. The van der Waals surface area contributed by atoms with Gasteiger partial charge < -0.3 is 15.1 Å². The summed E-state index contributed by atoms with van der Waals surface area (Å²) in [4.78, 5) is 16.3. The molecule has 2 aliphatic heterocycles. The minimum absolute atomic E-state index is 0. The van der Waals surface area contributed by atoms with Gasteiger partial charge in [-0.3, -0.25) is 9.89 Å². The third kappa shape index (κ3) is 5.34. The largest absolute Gasteiger partial charge is 0.435 e. The summed E-state index contributed by atoms with van der Waals surface area (Å²) in [6.07, 6.45) is -2.21. The highest BCUT2D eigenvalue weighted by Gasteiger charge is 2.35. The number of carbonyl (C=O) groups excluding carboxylic acids is 1. The maximum atomic E-state index is 12.7. The highest BCUT2D eigenvalue weighted by molar-refractivity contribution is 5.85. The van der Waals surface area contributed by atoms with E-state index >= 15 is 0 Å². The van der Waals surface area contributed by atoms with E-state index < -0.39 is 11.9 Å². The molecule has 2 N–H and O–H groups in total. The predicted octanol–water partition coefficient (Wildman–Crippen LogP) is 1.85. The minimum atomic E-state index is -4.42. The monoisotopic (exact) mass is 395 g/mol. The van der Waals surface area contributed by atoms with E-state index in [4.69, 9.17) is 0 Å². The average Bonchev–Trinajstić information content (AvgIpc) is 3.11. The van der Waals surface area contributed by atoms with Crippen LogP contribution in [0, 0.1) is 0 Å². The van der Waals surface area contributed by atoms with Crippen molar-refractivity contribution in [2.75, 3.05) is 45.8 Å². The van der Waals surface area contributed by atoms with Crippen LogP contribution < -0.4 is 5.32 Å². The fourth-order valence-electron chi connectivity index (χ4n) is 3.53. The van der Waals surface area contributed by atoms with Crippen LogP contribution in [0.4, 0.5) is 13.2 Å². The van der Waals surface area contributed by atoms with E-state index in [9.17, 15) is 18.0 Å². The summed E-state index contributed by atoms with van der Waals surface area (Å²) in [5, 5.41) is 9.15. The van der Waals surface area contributed by atoms with Crippen LogP contribution in [-0.4, -0.2) is 71.7 Å². The number of alkyl halides is 3. The molecule has 3 rings (SSSR count). The number of piperidine rings is 1. The molecule has 2 saturated heterocycles. The van der Waals surface area contributed by atoms with Crippen LogP contribution in [-0.2, 0) is 11.0 Å². The van der Waals surface area contributed by atoms with Gasteiger partial charge in [0.1, 0.15) is 0 Å². The number of H-pyrrole nitrogens is 1. The topological polar surface area (TPSA) is 64.3 Å². The van der Waals surface area contributed by atoms with Crippen molar-refractivity contribution in [1.29, 1.82) is 0 Å². The first-order valence-corrected chi connectivity index (χ1v) is 8.77. The molecule has 1 aromatic heterocycles. The molecule has 3 heterocycles. The molecule has 2 fully saturated rings. The molecule has 26 heavy (non-hydrogen) atoms. The average molecular weight is 396 g/mol. The molecule has 0 saturated carbocycles. The molecule has 2 aliphatic rings. The highest BCUT2D eigenvalue weighted by Crippen LogP contribution is 2.32. The normalized spacial score (nSPS) is 22.1. The van der Waals surface area contributed by atoms with Gasteiger partial charge in [0.2, 0.25) is 5.91 Å². The van der Waals surface area contributed by atoms with E-state index in [-0.39, 0.29) is 24.2 Å². The van der Waals surface area contributed by atoms with E-state index in [1.54, 1.807) is 0 Å². The van der Waals surface area contributed by atoms with Gasteiger partial charge in [0.05, 0.1) is 0 Å². The lowest BCUT2D eigenvalue weighted by atomic mass is 9.94. The standard InChI is InChI=1S/C16H24F3N5O.ClH/c17-16(18,19)14-10-13(21-22-14)12-2-1-6-23(11-12)7-3-15(25)24-8-4-20-5-9-24;/h10,12,20H,1-9,11H2,(H,21,22);1H. The lowest BCUT2D eigenvalue weighted by molar-refractivity contribution is -0.141. The number of aromatic nitrogens is 2. The van der Waals surface area contributed by atoms with Crippen LogP contribution in [0.2, 0.25) is 0 Å². The zero-order valence-electron chi connectivity index (χ0n) is 14.5. The Kier molecular flexibility index (Phi) is 7.31. The summed E-state index contributed by atoms with van der Waals surface area (Å²) in [5.41, 5.74) is -0.334. The smallest absolute Gasteiger partial charge is 0.340 e. The number of halogens is 4. The van der Waals surface area contributed by atoms with Crippen molar-refractivity contribution < 1.29 is 18.0 Å². The van der Waals surface area contributed by atoms with E-state index in [0.29, 0.717) is 25.2 Å². The number of carbonyl (C=O) groups is 1. The molecule has 0 aromatic carbocycles. The minimum Gasteiger partial charge on any atom is -0.340 e. The van der Waals surface area contributed by atoms with Crippen LogP contribution in [0.3, 0.4) is 0 Å². The molecule has 10 heteroatoms. The summed E-state index contributed by atoms with van der Waals surface area (Å²) in [6.45, 7) is 5.35. The van der Waals surface area contributed by atoms with Crippen molar-refractivity contribution in [3.05, 3.63) is 17.5 Å². The SMILES string of the molecule is Cl.O=C(CCN1CCCC(c2cc(C(F)(F)F)n[nH]2)C1)N1CCNCC1. The Morgan fingerprint density at radius 3 is 2.65 bits per heavy atom. The quantitative estimate of drug-likeness (QED) is 0.816. The maximum absolute atomic E-state index is 12.7. The Morgan fingerprint density at radius 1 is 1.27 bits per heavy atom. The van der Waals surface area contributed by atoms with Crippen LogP contribution in [0.5, 0.6) is 0 Å². The Labute approximate surface area is 156 Å². The molecule has 1 aromatic rings. The fraction of sp³-hybridized carbons (Fsp3) is 0.750. The molecule has 1 amide bonds. The van der Waals surface area contributed by atoms with Gasteiger partial charge >= 0.3 is 6.18 Å². The van der Waals surface area contributed by atoms with Crippen molar-refractivity contribution >= 4 is 18.3 Å². The number of hydrogen-bond acceptors (Lipinski definition) is 4. The van der Waals surface area contributed by atoms with Gasteiger partial charge in [0, 0.05) is 57.3 Å². The maximum Gasteiger partial charge on any atom is 0.435 e. The lowest BCUT2D eigenvalue weighted by Crippen LogP contribution is -2.47. The lowest BCUT2D eigenvalue weighted by Gasteiger charge is -2.33. The zero-order chi connectivity index (χ0) is 17.9. The van der Waals surface area contributed by atoms with E-state index in [0.717, 1.165) is 51.6 Å². The number of nitrogens with zero attached hydrogens (tertiary/aromatic N) is 3. The van der Waals surface area contributed by atoms with Crippen molar-refractivity contribution in [2.24, 2.45) is 0 Å². The molecule has 0 bridgehead atoms. The molecule has 1 unspecified atom stereocenters. The number of nitrogens with one attached hydrogen (secondary N) is 2. The van der Waals surface area contributed by atoms with E-state index in [2.05, 4.69) is 20.4 Å². The number of likely N-dealkylation sites (tertiary alicyclic amines) is 1. The molecule has 6 nitrogen and oxygen atoms in total. The van der Waals surface area contributed by atoms with Gasteiger partial charge in [0.15, 0.2) is 5.69 Å². The van der Waals surface area contributed by atoms with Gasteiger partial charge in [-0.05, 0) is 25.5 Å². The van der Waals surface area contributed by atoms with Crippen molar-refractivity contribution in [2.45, 2.75) is 31.4 Å². The van der Waals surface area contributed by atoms with Crippen molar-refractivity contribution in [3.63, 3.8) is 0 Å². The summed E-state index contributed by atoms with van der Waals surface area (Å²) in [7, 11) is 0. The van der Waals surface area contributed by atoms with Crippen LogP contribution in [0.25, 0.3) is 0 Å². The highest BCUT2D eigenvalue weighted by atomic mass is 35.5. The van der Waals surface area contributed by atoms with Crippen molar-refractivity contribution in [3.8, 4) is 0 Å². The van der Waals surface area contributed by atoms with Crippen molar-refractivity contribution in [1.82, 2.24) is 25.3 Å². The summed E-state index contributed by atoms with van der Waals surface area (Å²) >= 11 is 0. The first-order valence-electron chi connectivity index (χ1n) is 8.77. The first-order chi connectivity index (χ1) is 11.9. The molecule has 148 valence electrons. The van der Waals surface area contributed by atoms with E-state index in [1.807, 2.05) is 4.90 Å². The van der Waals surface area contributed by atoms with E-state index in [1.165, 1.54) is 0 Å². The first kappa shape index (κ1) is 21.0. The number of aromatic amines is 1. The van der Waals surface area contributed by atoms with Gasteiger partial charge in [-0.1, -0.05) is 0 Å². The van der Waals surface area contributed by atoms with Gasteiger partial charge in [-0.2, -0.15) is 18.3 Å². The predicted molar refractivity (Wildman–Crippen MR) is 93.3 cm³/mol. The summed E-state index contributed by atoms with van der Waals surface area (Å²) < 4.78 is 38.1. The van der Waals surface area contributed by atoms with Gasteiger partial charge in [0.25, 0.3) is 0 Å². The van der Waals surface area contributed by atoms with Gasteiger partial charge in [-0.25, -0.2) is 0 Å². The van der Waals surface area contributed by atoms with Crippen LogP contribution >= 0.6 is 12.4 Å². The molecule has 1 atom stereocenters. The molecule has 0 spiro atoms. The number of piperazine rings is 1. The summed E-state index contributed by atoms with van der Waals surface area (Å²) in [6, 6.07) is 1.11. The van der Waals surface area contributed by atoms with Crippen LogP contribution in [0.1, 0.15) is 36.6 Å². The Hall–Kier alpha value is -1.32. The Morgan fingerprint density at radius 2 is 2.00 bits per heavy atom. The molecule has 0 aliphatic carbocycles. The second-order valence-electron chi connectivity index (χ2n) is 6.73. The fourth-order valence-corrected chi connectivity index (χ4v) is 3.53. The van der Waals surface area contributed by atoms with Crippen LogP contribution in [0.15, 0.2) is 6.07 Å². The Balaban J connectivity index is 0.00000243.